The zero-order valence-electron chi connectivity index (χ0n) is 13.8. The van der Waals surface area contributed by atoms with Crippen molar-refractivity contribution in [1.29, 1.82) is 0 Å². The van der Waals surface area contributed by atoms with E-state index in [2.05, 4.69) is 10.3 Å². The van der Waals surface area contributed by atoms with Crippen LogP contribution in [-0.2, 0) is 11.8 Å². The topological polar surface area (TPSA) is 59.4 Å². The first kappa shape index (κ1) is 15.2. The number of carbonyl (C=O) groups excluding carboxylic acids is 1. The molecule has 0 bridgehead atoms. The summed E-state index contributed by atoms with van der Waals surface area (Å²) in [6, 6.07) is 9.85. The number of aryl methyl sites for hydroxylation is 1. The molecule has 6 heteroatoms. The van der Waals surface area contributed by atoms with Gasteiger partial charge in [0.2, 0.25) is 0 Å². The molecule has 1 amide bonds. The summed E-state index contributed by atoms with van der Waals surface area (Å²) in [5, 5.41) is 3.43. The number of nitrogens with zero attached hydrogens (tertiary/aromatic N) is 3. The molecule has 0 aromatic carbocycles. The van der Waals surface area contributed by atoms with Gasteiger partial charge in [0.05, 0.1) is 24.8 Å². The normalized spacial score (nSPS) is 26.2. The van der Waals surface area contributed by atoms with Gasteiger partial charge in [-0.2, -0.15) is 0 Å². The summed E-state index contributed by atoms with van der Waals surface area (Å²) in [7, 11) is 1.90. The Kier molecular flexibility index (Phi) is 3.76. The molecule has 0 unspecified atom stereocenters. The number of carbonyl (C=O) groups is 1. The molecule has 4 rings (SSSR count). The first-order chi connectivity index (χ1) is 11.7. The fourth-order valence-corrected chi connectivity index (χ4v) is 3.74. The Morgan fingerprint density at radius 3 is 3.04 bits per heavy atom. The highest BCUT2D eigenvalue weighted by atomic mass is 16.5. The molecule has 0 aliphatic carbocycles. The zero-order chi connectivity index (χ0) is 16.6. The lowest BCUT2D eigenvalue weighted by atomic mass is 9.97. The second-order valence-electron chi connectivity index (χ2n) is 6.74. The first-order valence-electron chi connectivity index (χ1n) is 8.37. The summed E-state index contributed by atoms with van der Waals surface area (Å²) in [5.41, 5.74) is 0.515. The molecule has 2 fully saturated rings. The third kappa shape index (κ3) is 2.78. The summed E-state index contributed by atoms with van der Waals surface area (Å²) >= 11 is 0. The van der Waals surface area contributed by atoms with Crippen LogP contribution >= 0.6 is 0 Å². The third-order valence-corrected chi connectivity index (χ3v) is 4.99. The molecule has 2 saturated heterocycles. The van der Waals surface area contributed by atoms with Crippen LogP contribution in [0.2, 0.25) is 0 Å². The molecule has 2 atom stereocenters. The van der Waals surface area contributed by atoms with E-state index in [1.807, 2.05) is 53.0 Å². The molecule has 2 aromatic rings. The van der Waals surface area contributed by atoms with Crippen molar-refractivity contribution in [1.82, 2.24) is 14.5 Å². The minimum absolute atomic E-state index is 0.0871. The second kappa shape index (κ2) is 5.94. The summed E-state index contributed by atoms with van der Waals surface area (Å²) in [6.07, 6.45) is 5.48. The molecule has 2 aliphatic heterocycles. The molecule has 1 spiro atoms. The van der Waals surface area contributed by atoms with Crippen molar-refractivity contribution >= 4 is 11.7 Å². The predicted molar refractivity (Wildman–Crippen MR) is 90.9 cm³/mol. The van der Waals surface area contributed by atoms with E-state index >= 15 is 0 Å². The van der Waals surface area contributed by atoms with Gasteiger partial charge in [0.15, 0.2) is 0 Å². The molecule has 126 valence electrons. The van der Waals surface area contributed by atoms with Gasteiger partial charge >= 0.3 is 0 Å². The van der Waals surface area contributed by atoms with Crippen molar-refractivity contribution in [3.63, 3.8) is 0 Å². The molecule has 2 aliphatic rings. The van der Waals surface area contributed by atoms with Crippen molar-refractivity contribution in [2.45, 2.75) is 24.5 Å². The van der Waals surface area contributed by atoms with Crippen molar-refractivity contribution in [2.75, 3.05) is 25.0 Å². The Labute approximate surface area is 141 Å². The zero-order valence-corrected chi connectivity index (χ0v) is 13.8. The molecular weight excluding hydrogens is 304 g/mol. The van der Waals surface area contributed by atoms with Crippen LogP contribution in [0.5, 0.6) is 0 Å². The maximum Gasteiger partial charge on any atom is 0.270 e. The van der Waals surface area contributed by atoms with Crippen LogP contribution in [0.15, 0.2) is 42.7 Å². The SMILES string of the molecule is Cn1cccc1C(=O)N1CC[C@@]2(C[C@H](Nc3ccccn3)CO2)C1. The van der Waals surface area contributed by atoms with Gasteiger partial charge < -0.3 is 19.5 Å². The van der Waals surface area contributed by atoms with Gasteiger partial charge in [-0.05, 0) is 30.7 Å². The molecule has 6 nitrogen and oxygen atoms in total. The molecule has 2 aromatic heterocycles. The highest BCUT2D eigenvalue weighted by Gasteiger charge is 2.47. The van der Waals surface area contributed by atoms with E-state index in [0.29, 0.717) is 13.2 Å². The predicted octanol–water partition coefficient (Wildman–Crippen LogP) is 1.91. The van der Waals surface area contributed by atoms with Crippen LogP contribution in [0.3, 0.4) is 0 Å². The Hall–Kier alpha value is -2.34. The maximum atomic E-state index is 12.7. The number of aromatic nitrogens is 2. The van der Waals surface area contributed by atoms with Gasteiger partial charge in [-0.3, -0.25) is 4.79 Å². The van der Waals surface area contributed by atoms with E-state index in [1.165, 1.54) is 0 Å². The number of rotatable bonds is 3. The molecule has 24 heavy (non-hydrogen) atoms. The minimum atomic E-state index is -0.215. The van der Waals surface area contributed by atoms with Gasteiger partial charge in [-0.25, -0.2) is 4.98 Å². The Bertz CT molecular complexity index is 730. The number of likely N-dealkylation sites (tertiary alicyclic amines) is 1. The van der Waals surface area contributed by atoms with Crippen molar-refractivity contribution in [3.05, 3.63) is 48.4 Å². The number of anilines is 1. The molecular formula is C18H22N4O2. The van der Waals surface area contributed by atoms with Crippen LogP contribution in [0.25, 0.3) is 0 Å². The van der Waals surface area contributed by atoms with Crippen LogP contribution < -0.4 is 5.32 Å². The van der Waals surface area contributed by atoms with Crippen LogP contribution in [0.4, 0.5) is 5.82 Å². The largest absolute Gasteiger partial charge is 0.371 e. The number of hydrogen-bond donors (Lipinski definition) is 1. The summed E-state index contributed by atoms with van der Waals surface area (Å²) < 4.78 is 7.99. The first-order valence-corrected chi connectivity index (χ1v) is 8.37. The van der Waals surface area contributed by atoms with E-state index in [4.69, 9.17) is 4.74 Å². The van der Waals surface area contributed by atoms with E-state index in [9.17, 15) is 4.79 Å². The quantitative estimate of drug-likeness (QED) is 0.936. The van der Waals surface area contributed by atoms with Gasteiger partial charge in [0.25, 0.3) is 5.91 Å². The molecule has 1 N–H and O–H groups in total. The minimum Gasteiger partial charge on any atom is -0.371 e. The monoisotopic (exact) mass is 326 g/mol. The average molecular weight is 326 g/mol. The molecule has 0 radical (unpaired) electrons. The average Bonchev–Trinajstić information content (AvgIpc) is 3.30. The van der Waals surface area contributed by atoms with E-state index in [1.54, 1.807) is 6.20 Å². The van der Waals surface area contributed by atoms with Gasteiger partial charge in [0.1, 0.15) is 11.5 Å². The highest BCUT2D eigenvalue weighted by molar-refractivity contribution is 5.93. The van der Waals surface area contributed by atoms with Crippen LogP contribution in [0.1, 0.15) is 23.3 Å². The summed E-state index contributed by atoms with van der Waals surface area (Å²) in [6.45, 7) is 2.07. The standard InChI is InChI=1S/C18H22N4O2/c1-21-9-4-5-15(21)17(23)22-10-7-18(13-22)11-14(12-24-18)20-16-6-2-3-8-19-16/h2-6,8-9,14H,7,10-13H2,1H3,(H,19,20)/t14-,18+/m0/s1. The molecule has 0 saturated carbocycles. The number of hydrogen-bond acceptors (Lipinski definition) is 4. The lowest BCUT2D eigenvalue weighted by Gasteiger charge is -2.23. The second-order valence-corrected chi connectivity index (χ2v) is 6.74. The number of pyridine rings is 1. The smallest absolute Gasteiger partial charge is 0.270 e. The van der Waals surface area contributed by atoms with Crippen molar-refractivity contribution in [3.8, 4) is 0 Å². The Morgan fingerprint density at radius 1 is 1.38 bits per heavy atom. The highest BCUT2D eigenvalue weighted by Crippen LogP contribution is 2.36. The van der Waals surface area contributed by atoms with E-state index in [0.717, 1.165) is 30.9 Å². The lowest BCUT2D eigenvalue weighted by molar-refractivity contribution is 0.0124. The van der Waals surface area contributed by atoms with Crippen molar-refractivity contribution in [2.24, 2.45) is 7.05 Å². The lowest BCUT2D eigenvalue weighted by Crippen LogP contribution is -2.36. The molecule has 4 heterocycles. The van der Waals surface area contributed by atoms with Crippen molar-refractivity contribution < 1.29 is 9.53 Å². The number of nitrogens with one attached hydrogen (secondary N) is 1. The third-order valence-electron chi connectivity index (χ3n) is 4.99. The summed E-state index contributed by atoms with van der Waals surface area (Å²) in [5.74, 6) is 0.960. The Morgan fingerprint density at radius 2 is 2.29 bits per heavy atom. The van der Waals surface area contributed by atoms with Crippen LogP contribution in [-0.4, -0.2) is 51.7 Å². The van der Waals surface area contributed by atoms with E-state index in [-0.39, 0.29) is 17.6 Å². The Balaban J connectivity index is 1.40. The number of ether oxygens (including phenoxy) is 1. The fourth-order valence-electron chi connectivity index (χ4n) is 3.74. The van der Waals surface area contributed by atoms with E-state index < -0.39 is 0 Å². The maximum absolute atomic E-state index is 12.7. The van der Waals surface area contributed by atoms with Crippen LogP contribution in [0, 0.1) is 0 Å². The van der Waals surface area contributed by atoms with Gasteiger partial charge in [-0.1, -0.05) is 6.07 Å². The fraction of sp³-hybridized carbons (Fsp3) is 0.444. The summed E-state index contributed by atoms with van der Waals surface area (Å²) in [4.78, 5) is 18.9. The van der Waals surface area contributed by atoms with Gasteiger partial charge in [-0.15, -0.1) is 0 Å². The number of amides is 1. The van der Waals surface area contributed by atoms with Gasteiger partial charge in [0, 0.05) is 32.4 Å².